The Kier molecular flexibility index (Phi) is 4.69. The third kappa shape index (κ3) is 3.22. The number of carbonyl (C=O) groups is 1. The number of fused-ring (bicyclic) bond motifs is 1. The van der Waals surface area contributed by atoms with Crippen LogP contribution in [0.4, 0.5) is 0 Å². The quantitative estimate of drug-likeness (QED) is 0.746. The first-order valence-corrected chi connectivity index (χ1v) is 9.07. The van der Waals surface area contributed by atoms with Crippen molar-refractivity contribution in [3.05, 3.63) is 36.0 Å². The number of benzene rings is 1. The van der Waals surface area contributed by atoms with E-state index < -0.39 is 5.92 Å². The van der Waals surface area contributed by atoms with Crippen LogP contribution in [0.2, 0.25) is 0 Å². The second-order valence-electron chi connectivity index (χ2n) is 6.42. The minimum Gasteiger partial charge on any atom is -0.486 e. The third-order valence-corrected chi connectivity index (χ3v) is 5.00. The van der Waals surface area contributed by atoms with Gasteiger partial charge in [-0.25, -0.2) is 0 Å². The van der Waals surface area contributed by atoms with Crippen molar-refractivity contribution in [3.8, 4) is 11.5 Å². The maximum atomic E-state index is 13.2. The summed E-state index contributed by atoms with van der Waals surface area (Å²) in [5.41, 5.74) is 1.51. The molecule has 3 aliphatic rings. The van der Waals surface area contributed by atoms with Gasteiger partial charge in [0.1, 0.15) is 19.1 Å². The van der Waals surface area contributed by atoms with E-state index in [0.717, 1.165) is 5.56 Å². The molecule has 138 valence electrons. The molecule has 4 rings (SSSR count). The molecular weight excluding hydrogens is 354 g/mol. The van der Waals surface area contributed by atoms with E-state index in [1.54, 1.807) is 0 Å². The lowest BCUT2D eigenvalue weighted by Crippen LogP contribution is -2.55. The van der Waals surface area contributed by atoms with Gasteiger partial charge in [-0.05, 0) is 29.9 Å². The number of hydrogen-bond donors (Lipinski definition) is 2. The summed E-state index contributed by atoms with van der Waals surface area (Å²) in [5, 5.41) is 6.69. The Morgan fingerprint density at radius 3 is 2.65 bits per heavy atom. The van der Waals surface area contributed by atoms with Gasteiger partial charge in [0.05, 0.1) is 19.3 Å². The number of ether oxygens (including phenoxy) is 3. The lowest BCUT2D eigenvalue weighted by molar-refractivity contribution is -0.139. The maximum absolute atomic E-state index is 13.2. The molecule has 26 heavy (non-hydrogen) atoms. The zero-order valence-corrected chi connectivity index (χ0v) is 15.1. The average molecular weight is 375 g/mol. The molecule has 3 aliphatic heterocycles. The van der Waals surface area contributed by atoms with Crippen molar-refractivity contribution in [1.82, 2.24) is 15.5 Å². The van der Waals surface area contributed by atoms with Crippen molar-refractivity contribution < 1.29 is 19.0 Å². The highest BCUT2D eigenvalue weighted by Gasteiger charge is 2.39. The van der Waals surface area contributed by atoms with Gasteiger partial charge in [0, 0.05) is 18.8 Å². The highest BCUT2D eigenvalue weighted by Crippen LogP contribution is 2.37. The molecule has 1 aromatic rings. The molecule has 0 radical (unpaired) electrons. The topological polar surface area (TPSA) is 72.1 Å². The van der Waals surface area contributed by atoms with Gasteiger partial charge < -0.3 is 29.7 Å². The van der Waals surface area contributed by atoms with Crippen LogP contribution in [0.1, 0.15) is 11.6 Å². The predicted molar refractivity (Wildman–Crippen MR) is 99.1 cm³/mol. The van der Waals surface area contributed by atoms with E-state index in [1.807, 2.05) is 23.1 Å². The van der Waals surface area contributed by atoms with E-state index in [-0.39, 0.29) is 11.9 Å². The summed E-state index contributed by atoms with van der Waals surface area (Å²) in [6, 6.07) is 5.40. The van der Waals surface area contributed by atoms with Crippen molar-refractivity contribution in [2.24, 2.45) is 5.92 Å². The third-order valence-electron chi connectivity index (χ3n) is 4.78. The SMILES string of the molecule is C=C1NC(=S)N[C@@H](c2ccc3c(c2)OCCO3)[C@H]1C(=O)N1CCOCC1. The van der Waals surface area contributed by atoms with Crippen LogP contribution < -0.4 is 20.1 Å². The lowest BCUT2D eigenvalue weighted by atomic mass is 9.87. The maximum Gasteiger partial charge on any atom is 0.234 e. The normalized spacial score (nSPS) is 25.3. The summed E-state index contributed by atoms with van der Waals surface area (Å²) in [4.78, 5) is 15.0. The van der Waals surface area contributed by atoms with Gasteiger partial charge >= 0.3 is 0 Å². The molecule has 2 atom stereocenters. The number of hydrogen-bond acceptors (Lipinski definition) is 5. The minimum atomic E-state index is -0.470. The first-order valence-electron chi connectivity index (χ1n) is 8.66. The van der Waals surface area contributed by atoms with Crippen LogP contribution in [-0.4, -0.2) is 55.4 Å². The fourth-order valence-electron chi connectivity index (χ4n) is 3.49. The molecule has 1 aromatic carbocycles. The Hall–Kier alpha value is -2.32. The average Bonchev–Trinajstić information content (AvgIpc) is 2.67. The van der Waals surface area contributed by atoms with Gasteiger partial charge in [-0.15, -0.1) is 0 Å². The van der Waals surface area contributed by atoms with Crippen molar-refractivity contribution in [2.75, 3.05) is 39.5 Å². The largest absolute Gasteiger partial charge is 0.486 e. The number of carbonyl (C=O) groups excluding carboxylic acids is 1. The summed E-state index contributed by atoms with van der Waals surface area (Å²) in [6.45, 7) is 7.38. The van der Waals surface area contributed by atoms with Gasteiger partial charge in [0.25, 0.3) is 0 Å². The summed E-state index contributed by atoms with van der Waals surface area (Å²) < 4.78 is 16.6. The molecule has 0 unspecified atom stereocenters. The molecule has 1 amide bonds. The van der Waals surface area contributed by atoms with Crippen LogP contribution in [0.15, 0.2) is 30.5 Å². The molecule has 0 saturated carbocycles. The predicted octanol–water partition coefficient (Wildman–Crippen LogP) is 0.965. The summed E-state index contributed by atoms with van der Waals surface area (Å²) in [7, 11) is 0. The number of nitrogens with zero attached hydrogens (tertiary/aromatic N) is 1. The van der Waals surface area contributed by atoms with Crippen LogP contribution >= 0.6 is 12.2 Å². The Morgan fingerprint density at radius 2 is 1.88 bits per heavy atom. The number of amides is 1. The molecule has 0 aromatic heterocycles. The zero-order chi connectivity index (χ0) is 18.1. The number of nitrogens with one attached hydrogen (secondary N) is 2. The van der Waals surface area contributed by atoms with Gasteiger partial charge in [-0.2, -0.15) is 0 Å². The fraction of sp³-hybridized carbons (Fsp3) is 0.444. The second kappa shape index (κ2) is 7.13. The van der Waals surface area contributed by atoms with E-state index >= 15 is 0 Å². The minimum absolute atomic E-state index is 0.0145. The molecule has 2 N–H and O–H groups in total. The van der Waals surface area contributed by atoms with Crippen LogP contribution in [-0.2, 0) is 9.53 Å². The fourth-order valence-corrected chi connectivity index (χ4v) is 3.74. The van der Waals surface area contributed by atoms with Crippen LogP contribution in [0.5, 0.6) is 11.5 Å². The molecule has 7 nitrogen and oxygen atoms in total. The standard InChI is InChI=1S/C18H21N3O4S/c1-11-15(17(22)21-4-6-23-7-5-21)16(20-18(26)19-11)12-2-3-13-14(10-12)25-9-8-24-13/h2-3,10,15-16H,1,4-9H2,(H2,19,20,26)/t15-,16-/m0/s1. The summed E-state index contributed by atoms with van der Waals surface area (Å²) >= 11 is 5.29. The molecule has 2 fully saturated rings. The van der Waals surface area contributed by atoms with Gasteiger partial charge in [-0.3, -0.25) is 4.79 Å². The van der Waals surface area contributed by atoms with Crippen molar-refractivity contribution in [2.45, 2.75) is 6.04 Å². The lowest BCUT2D eigenvalue weighted by Gasteiger charge is -2.39. The van der Waals surface area contributed by atoms with Crippen molar-refractivity contribution >= 4 is 23.2 Å². The van der Waals surface area contributed by atoms with Gasteiger partial charge in [-0.1, -0.05) is 12.6 Å². The number of morpholine rings is 1. The van der Waals surface area contributed by atoms with Crippen LogP contribution in [0.25, 0.3) is 0 Å². The molecule has 8 heteroatoms. The van der Waals surface area contributed by atoms with Gasteiger partial charge in [0.15, 0.2) is 16.6 Å². The van der Waals surface area contributed by atoms with Crippen LogP contribution in [0.3, 0.4) is 0 Å². The molecule has 0 aliphatic carbocycles. The van der Waals surface area contributed by atoms with Crippen molar-refractivity contribution in [3.63, 3.8) is 0 Å². The zero-order valence-electron chi connectivity index (χ0n) is 14.3. The smallest absolute Gasteiger partial charge is 0.234 e. The molecule has 3 heterocycles. The first-order chi connectivity index (χ1) is 12.6. The van der Waals surface area contributed by atoms with E-state index in [2.05, 4.69) is 17.2 Å². The molecule has 0 bridgehead atoms. The second-order valence-corrected chi connectivity index (χ2v) is 6.83. The summed E-state index contributed by atoms with van der Waals surface area (Å²) in [5.74, 6) is 0.942. The van der Waals surface area contributed by atoms with E-state index in [0.29, 0.717) is 61.8 Å². The Labute approximate surface area is 157 Å². The number of thiocarbonyl (C=S) groups is 1. The molecule has 0 spiro atoms. The first kappa shape index (κ1) is 17.1. The molecular formula is C18H21N3O4S. The molecule has 2 saturated heterocycles. The van der Waals surface area contributed by atoms with E-state index in [4.69, 9.17) is 26.4 Å². The highest BCUT2D eigenvalue weighted by molar-refractivity contribution is 7.80. The van der Waals surface area contributed by atoms with E-state index in [1.165, 1.54) is 0 Å². The highest BCUT2D eigenvalue weighted by atomic mass is 32.1. The van der Waals surface area contributed by atoms with E-state index in [9.17, 15) is 4.79 Å². The summed E-state index contributed by atoms with van der Waals surface area (Å²) in [6.07, 6.45) is 0. The Balaban J connectivity index is 1.65. The number of rotatable bonds is 2. The van der Waals surface area contributed by atoms with Gasteiger partial charge in [0.2, 0.25) is 5.91 Å². The van der Waals surface area contributed by atoms with Crippen LogP contribution in [0, 0.1) is 5.92 Å². The Morgan fingerprint density at radius 1 is 1.15 bits per heavy atom. The monoisotopic (exact) mass is 375 g/mol. The Bertz CT molecular complexity index is 748. The van der Waals surface area contributed by atoms with Crippen molar-refractivity contribution in [1.29, 1.82) is 0 Å².